The Bertz CT molecular complexity index is 2970. The minimum Gasteiger partial charge on any atom is -0.354 e. The maximum absolute atomic E-state index is 3.96. The van der Waals surface area contributed by atoms with E-state index >= 15 is 0 Å². The van der Waals surface area contributed by atoms with Gasteiger partial charge >= 0.3 is 0 Å². The highest BCUT2D eigenvalue weighted by molar-refractivity contribution is 6.42. The Balaban J connectivity index is 1.38. The summed E-state index contributed by atoms with van der Waals surface area (Å²) >= 11 is 0. The van der Waals surface area contributed by atoms with Crippen LogP contribution in [0.2, 0.25) is 0 Å². The maximum Gasteiger partial charge on any atom is 0.0544 e. The first kappa shape index (κ1) is 27.6. The van der Waals surface area contributed by atoms with E-state index < -0.39 is 0 Å². The van der Waals surface area contributed by atoms with Crippen LogP contribution in [0.1, 0.15) is 11.1 Å². The lowest BCUT2D eigenvalue weighted by Gasteiger charge is -2.21. The molecule has 0 unspecified atom stereocenters. The topological polar surface area (TPSA) is 31.6 Å². The summed E-state index contributed by atoms with van der Waals surface area (Å²) in [5.74, 6) is 0. The summed E-state index contributed by atoms with van der Waals surface area (Å²) in [6.07, 6.45) is 0. The molecule has 0 aliphatic rings. The number of benzene rings is 9. The molecular weight excluding hydrogens is 605 g/mol. The Kier molecular flexibility index (Phi) is 5.55. The van der Waals surface area contributed by atoms with Crippen molar-refractivity contribution in [1.82, 2.24) is 9.97 Å². The van der Waals surface area contributed by atoms with Gasteiger partial charge in [-0.25, -0.2) is 0 Å². The quantitative estimate of drug-likeness (QED) is 0.140. The minimum absolute atomic E-state index is 1.15. The Morgan fingerprint density at radius 3 is 1.12 bits per heavy atom. The van der Waals surface area contributed by atoms with Gasteiger partial charge in [0.2, 0.25) is 0 Å². The molecule has 2 heterocycles. The lowest BCUT2D eigenvalue weighted by molar-refractivity contribution is 1.47. The van der Waals surface area contributed by atoms with Crippen LogP contribution in [0.25, 0.3) is 109 Å². The second-order valence-corrected chi connectivity index (χ2v) is 14.0. The van der Waals surface area contributed by atoms with E-state index in [1.54, 1.807) is 0 Å². The van der Waals surface area contributed by atoms with E-state index in [4.69, 9.17) is 0 Å². The lowest BCUT2D eigenvalue weighted by Crippen LogP contribution is -1.96. The van der Waals surface area contributed by atoms with Crippen molar-refractivity contribution in [2.45, 2.75) is 13.8 Å². The molecule has 2 nitrogen and oxygen atoms in total. The summed E-state index contributed by atoms with van der Waals surface area (Å²) in [5, 5.41) is 15.2. The fourth-order valence-corrected chi connectivity index (χ4v) is 8.72. The number of pyridine rings is 2. The minimum atomic E-state index is 1.15. The summed E-state index contributed by atoms with van der Waals surface area (Å²) < 4.78 is 0. The van der Waals surface area contributed by atoms with Crippen LogP contribution in [0, 0.1) is 13.8 Å². The maximum atomic E-state index is 3.96. The van der Waals surface area contributed by atoms with Crippen LogP contribution in [0.4, 0.5) is 0 Å². The molecule has 9 aromatic carbocycles. The van der Waals surface area contributed by atoms with Gasteiger partial charge in [-0.15, -0.1) is 0 Å². The van der Waals surface area contributed by atoms with E-state index in [2.05, 4.69) is 169 Å². The van der Waals surface area contributed by atoms with E-state index in [0.717, 1.165) is 11.0 Å². The van der Waals surface area contributed by atoms with Gasteiger partial charge in [0.25, 0.3) is 0 Å². The fourth-order valence-electron chi connectivity index (χ4n) is 8.72. The van der Waals surface area contributed by atoms with Crippen molar-refractivity contribution in [2.24, 2.45) is 0 Å². The number of rotatable bonds is 2. The third kappa shape index (κ3) is 3.73. The molecule has 50 heavy (non-hydrogen) atoms. The molecule has 2 heteroatoms. The molecule has 2 aromatic heterocycles. The molecule has 0 spiro atoms. The Morgan fingerprint density at radius 1 is 0.320 bits per heavy atom. The van der Waals surface area contributed by atoms with Crippen molar-refractivity contribution < 1.29 is 0 Å². The standard InChI is InChI=1S/C48H32N2/c1-27-17-21-29(22-18-27)37-25-39-43-35-13-7-16-42-46(35)44(36-14-8-15-41(45(36)43)49-47(39)33-11-5-3-9-31(33)37)40-26-38(30-23-19-28(2)20-24-30)32-10-4-6-12-34(32)48(40)50-42/h3-26,49-50H,1-2H3. The second-order valence-electron chi connectivity index (χ2n) is 14.0. The smallest absolute Gasteiger partial charge is 0.0544 e. The first-order valence-electron chi connectivity index (χ1n) is 17.4. The second kappa shape index (κ2) is 10.1. The number of aromatic nitrogens is 2. The fraction of sp³-hybridized carbons (Fsp3) is 0.0417. The third-order valence-electron chi connectivity index (χ3n) is 11.0. The van der Waals surface area contributed by atoms with Gasteiger partial charge in [0.15, 0.2) is 0 Å². The predicted octanol–water partition coefficient (Wildman–Crippen LogP) is 13.5. The van der Waals surface area contributed by atoms with Crippen LogP contribution in [0.15, 0.2) is 146 Å². The Hall–Kier alpha value is -6.38. The molecule has 0 aliphatic heterocycles. The molecule has 0 amide bonds. The molecule has 234 valence electrons. The van der Waals surface area contributed by atoms with Gasteiger partial charge in [-0.1, -0.05) is 132 Å². The highest BCUT2D eigenvalue weighted by Gasteiger charge is 2.21. The number of aryl methyl sites for hydroxylation is 2. The molecule has 2 N–H and O–H groups in total. The first-order chi connectivity index (χ1) is 24.6. The number of aromatic amines is 2. The zero-order valence-corrected chi connectivity index (χ0v) is 27.9. The molecule has 0 atom stereocenters. The van der Waals surface area contributed by atoms with Crippen LogP contribution in [-0.2, 0) is 0 Å². The van der Waals surface area contributed by atoms with Gasteiger partial charge in [-0.3, -0.25) is 0 Å². The van der Waals surface area contributed by atoms with E-state index in [9.17, 15) is 0 Å². The summed E-state index contributed by atoms with van der Waals surface area (Å²) in [5.41, 5.74) is 12.2. The van der Waals surface area contributed by atoms with Gasteiger partial charge in [0, 0.05) is 54.1 Å². The Morgan fingerprint density at radius 2 is 0.700 bits per heavy atom. The van der Waals surface area contributed by atoms with Crippen LogP contribution >= 0.6 is 0 Å². The van der Waals surface area contributed by atoms with Crippen molar-refractivity contribution in [2.75, 3.05) is 0 Å². The van der Waals surface area contributed by atoms with Crippen LogP contribution in [0.3, 0.4) is 0 Å². The molecule has 11 aromatic rings. The van der Waals surface area contributed by atoms with Crippen molar-refractivity contribution in [3.8, 4) is 22.3 Å². The van der Waals surface area contributed by atoms with E-state index in [1.165, 1.54) is 109 Å². The van der Waals surface area contributed by atoms with Crippen molar-refractivity contribution >= 4 is 86.7 Å². The number of nitrogens with one attached hydrogen (secondary N) is 2. The van der Waals surface area contributed by atoms with Gasteiger partial charge in [-0.05, 0) is 81.9 Å². The monoisotopic (exact) mass is 636 g/mol. The number of H-pyrrole nitrogens is 2. The molecule has 11 rings (SSSR count). The normalized spacial score (nSPS) is 12.2. The summed E-state index contributed by atoms with van der Waals surface area (Å²) in [6, 6.07) is 54.1. The third-order valence-corrected chi connectivity index (χ3v) is 11.0. The molecule has 0 radical (unpaired) electrons. The first-order valence-corrected chi connectivity index (χ1v) is 17.4. The van der Waals surface area contributed by atoms with Crippen molar-refractivity contribution in [3.63, 3.8) is 0 Å². The van der Waals surface area contributed by atoms with Crippen LogP contribution in [0.5, 0.6) is 0 Å². The van der Waals surface area contributed by atoms with Gasteiger partial charge < -0.3 is 9.97 Å². The number of fused-ring (bicyclic) bond motifs is 10. The summed E-state index contributed by atoms with van der Waals surface area (Å²) in [7, 11) is 0. The van der Waals surface area contributed by atoms with E-state index in [-0.39, 0.29) is 0 Å². The SMILES string of the molecule is Cc1ccc(-c2cc3c([nH]c4cccc5c4c3c3cccc4[nH]c6c7ccccc7c(-c7ccc(C)cc7)cc6c5c43)c3ccccc23)cc1. The molecule has 0 bridgehead atoms. The number of hydrogen-bond donors (Lipinski definition) is 2. The highest BCUT2D eigenvalue weighted by atomic mass is 14.7. The Labute approximate surface area is 288 Å². The lowest BCUT2D eigenvalue weighted by atomic mass is 9.86. The zero-order chi connectivity index (χ0) is 33.1. The average Bonchev–Trinajstić information content (AvgIpc) is 3.16. The van der Waals surface area contributed by atoms with Crippen LogP contribution in [-0.4, -0.2) is 9.97 Å². The molecule has 0 fully saturated rings. The van der Waals surface area contributed by atoms with E-state index in [0.29, 0.717) is 0 Å². The van der Waals surface area contributed by atoms with Gasteiger partial charge in [0.05, 0.1) is 11.0 Å². The molecule has 0 saturated carbocycles. The summed E-state index contributed by atoms with van der Waals surface area (Å²) in [4.78, 5) is 7.93. The van der Waals surface area contributed by atoms with Crippen molar-refractivity contribution in [3.05, 3.63) is 157 Å². The highest BCUT2D eigenvalue weighted by Crippen LogP contribution is 2.48. The average molecular weight is 637 g/mol. The number of hydrogen-bond acceptors (Lipinski definition) is 0. The van der Waals surface area contributed by atoms with Crippen LogP contribution < -0.4 is 0 Å². The predicted molar refractivity (Wildman–Crippen MR) is 216 cm³/mol. The molecule has 0 aliphatic carbocycles. The van der Waals surface area contributed by atoms with Gasteiger partial charge in [0.1, 0.15) is 0 Å². The van der Waals surface area contributed by atoms with E-state index in [1.807, 2.05) is 0 Å². The van der Waals surface area contributed by atoms with Gasteiger partial charge in [-0.2, -0.15) is 0 Å². The largest absolute Gasteiger partial charge is 0.354 e. The van der Waals surface area contributed by atoms with Crippen molar-refractivity contribution in [1.29, 1.82) is 0 Å². The summed E-state index contributed by atoms with van der Waals surface area (Å²) in [6.45, 7) is 4.31. The zero-order valence-electron chi connectivity index (χ0n) is 27.9. The molecule has 0 saturated heterocycles. The molecular formula is C48H32N2.